The minimum Gasteiger partial charge on any atom is -0.363 e. The van der Waals surface area contributed by atoms with E-state index in [0.717, 1.165) is 30.4 Å². The predicted octanol–water partition coefficient (Wildman–Crippen LogP) is 3.66. The van der Waals surface area contributed by atoms with Crippen LogP contribution in [0.15, 0.2) is 30.3 Å². The summed E-state index contributed by atoms with van der Waals surface area (Å²) in [6.07, 6.45) is 7.51. The molecular formula is C17H26N2S. The van der Waals surface area contributed by atoms with Crippen molar-refractivity contribution >= 4 is 17.3 Å². The van der Waals surface area contributed by atoms with E-state index in [0.29, 0.717) is 6.04 Å². The molecule has 0 aliphatic heterocycles. The van der Waals surface area contributed by atoms with Crippen molar-refractivity contribution in [3.63, 3.8) is 0 Å². The molecular weight excluding hydrogens is 264 g/mol. The van der Waals surface area contributed by atoms with Crippen LogP contribution in [0.1, 0.15) is 44.6 Å². The van der Waals surface area contributed by atoms with Gasteiger partial charge in [-0.2, -0.15) is 0 Å². The molecule has 0 spiro atoms. The van der Waals surface area contributed by atoms with Gasteiger partial charge in [-0.05, 0) is 49.4 Å². The summed E-state index contributed by atoms with van der Waals surface area (Å²) in [6, 6.07) is 11.2. The molecule has 0 saturated heterocycles. The van der Waals surface area contributed by atoms with E-state index in [2.05, 4.69) is 47.9 Å². The van der Waals surface area contributed by atoms with Crippen LogP contribution in [0.5, 0.6) is 0 Å². The lowest BCUT2D eigenvalue weighted by molar-refractivity contribution is 0.308. The van der Waals surface area contributed by atoms with E-state index in [4.69, 9.17) is 12.2 Å². The van der Waals surface area contributed by atoms with Gasteiger partial charge < -0.3 is 10.6 Å². The Morgan fingerprint density at radius 3 is 2.70 bits per heavy atom. The van der Waals surface area contributed by atoms with Crippen molar-refractivity contribution in [1.29, 1.82) is 0 Å². The van der Waals surface area contributed by atoms with E-state index in [9.17, 15) is 0 Å². The zero-order valence-corrected chi connectivity index (χ0v) is 13.2. The summed E-state index contributed by atoms with van der Waals surface area (Å²) in [5.41, 5.74) is 1.40. The lowest BCUT2D eigenvalue weighted by atomic mass is 9.86. The molecule has 1 aliphatic carbocycles. The highest BCUT2D eigenvalue weighted by Crippen LogP contribution is 2.23. The van der Waals surface area contributed by atoms with E-state index in [1.165, 1.54) is 31.2 Å². The van der Waals surface area contributed by atoms with Gasteiger partial charge in [-0.1, -0.05) is 50.1 Å². The number of aryl methyl sites for hydroxylation is 1. The van der Waals surface area contributed by atoms with Crippen molar-refractivity contribution in [3.05, 3.63) is 35.9 Å². The number of hydrogen-bond donors (Lipinski definition) is 2. The quantitative estimate of drug-likeness (QED) is 0.639. The molecule has 1 aromatic rings. The van der Waals surface area contributed by atoms with Crippen LogP contribution in [-0.4, -0.2) is 17.7 Å². The van der Waals surface area contributed by atoms with E-state index in [1.807, 2.05) is 0 Å². The van der Waals surface area contributed by atoms with E-state index in [-0.39, 0.29) is 0 Å². The van der Waals surface area contributed by atoms with Crippen LogP contribution in [0.4, 0.5) is 0 Å². The minimum absolute atomic E-state index is 0.567. The normalized spacial score (nSPS) is 22.2. The lowest BCUT2D eigenvalue weighted by Gasteiger charge is -2.30. The molecule has 2 rings (SSSR count). The van der Waals surface area contributed by atoms with E-state index in [1.54, 1.807) is 0 Å². The smallest absolute Gasteiger partial charge is 0.166 e. The molecule has 0 bridgehead atoms. The Morgan fingerprint density at radius 1 is 1.20 bits per heavy atom. The first-order valence-corrected chi connectivity index (χ1v) is 8.25. The Labute approximate surface area is 128 Å². The van der Waals surface area contributed by atoms with Gasteiger partial charge in [0.25, 0.3) is 0 Å². The third kappa shape index (κ3) is 5.12. The van der Waals surface area contributed by atoms with E-state index >= 15 is 0 Å². The van der Waals surface area contributed by atoms with Gasteiger partial charge in [0.05, 0.1) is 0 Å². The van der Waals surface area contributed by atoms with Gasteiger partial charge in [0.15, 0.2) is 5.11 Å². The van der Waals surface area contributed by atoms with Crippen molar-refractivity contribution in [2.45, 2.75) is 51.5 Å². The van der Waals surface area contributed by atoms with Gasteiger partial charge in [0.2, 0.25) is 0 Å². The number of benzene rings is 1. The first-order valence-electron chi connectivity index (χ1n) is 7.84. The fraction of sp³-hybridized carbons (Fsp3) is 0.588. The first kappa shape index (κ1) is 15.3. The Bertz CT molecular complexity index is 405. The van der Waals surface area contributed by atoms with Crippen molar-refractivity contribution in [2.75, 3.05) is 6.54 Å². The molecule has 3 heteroatoms. The monoisotopic (exact) mass is 290 g/mol. The van der Waals surface area contributed by atoms with Crippen LogP contribution in [0, 0.1) is 5.92 Å². The summed E-state index contributed by atoms with van der Waals surface area (Å²) >= 11 is 5.40. The maximum absolute atomic E-state index is 5.40. The summed E-state index contributed by atoms with van der Waals surface area (Å²) in [7, 11) is 0. The number of thiocarbonyl (C=S) groups is 1. The van der Waals surface area contributed by atoms with Crippen molar-refractivity contribution in [1.82, 2.24) is 10.6 Å². The standard InChI is InChI=1S/C17H26N2S/c1-14-8-5-6-12-16(14)19-17(20)18-13-7-11-15-9-3-2-4-10-15/h2-4,9-10,14,16H,5-8,11-13H2,1H3,(H2,18,19,20)/t14-,16+/m0/s1. The predicted molar refractivity (Wildman–Crippen MR) is 89.9 cm³/mol. The Morgan fingerprint density at radius 2 is 1.95 bits per heavy atom. The van der Waals surface area contributed by atoms with Crippen molar-refractivity contribution < 1.29 is 0 Å². The van der Waals surface area contributed by atoms with Crippen LogP contribution in [0.3, 0.4) is 0 Å². The average Bonchev–Trinajstić information content (AvgIpc) is 2.47. The van der Waals surface area contributed by atoms with Gasteiger partial charge in [0, 0.05) is 12.6 Å². The van der Waals surface area contributed by atoms with Gasteiger partial charge in [-0.3, -0.25) is 0 Å². The zero-order chi connectivity index (χ0) is 14.2. The molecule has 20 heavy (non-hydrogen) atoms. The molecule has 0 heterocycles. The minimum atomic E-state index is 0.567. The molecule has 2 atom stereocenters. The zero-order valence-electron chi connectivity index (χ0n) is 12.4. The largest absolute Gasteiger partial charge is 0.363 e. The molecule has 2 N–H and O–H groups in total. The molecule has 0 radical (unpaired) electrons. The second-order valence-corrected chi connectivity index (χ2v) is 6.27. The molecule has 0 amide bonds. The highest BCUT2D eigenvalue weighted by atomic mass is 32.1. The lowest BCUT2D eigenvalue weighted by Crippen LogP contribution is -2.46. The Kier molecular flexibility index (Phi) is 6.31. The highest BCUT2D eigenvalue weighted by molar-refractivity contribution is 7.80. The number of rotatable bonds is 5. The second-order valence-electron chi connectivity index (χ2n) is 5.86. The summed E-state index contributed by atoms with van der Waals surface area (Å²) in [5.74, 6) is 0.743. The maximum Gasteiger partial charge on any atom is 0.166 e. The van der Waals surface area contributed by atoms with Gasteiger partial charge in [-0.25, -0.2) is 0 Å². The summed E-state index contributed by atoms with van der Waals surface area (Å²) in [6.45, 7) is 3.27. The topological polar surface area (TPSA) is 24.1 Å². The molecule has 110 valence electrons. The molecule has 1 aliphatic rings. The van der Waals surface area contributed by atoms with Crippen LogP contribution in [0.2, 0.25) is 0 Å². The fourth-order valence-electron chi connectivity index (χ4n) is 2.89. The first-order chi connectivity index (χ1) is 9.75. The SMILES string of the molecule is C[C@H]1CCCC[C@H]1NC(=S)NCCCc1ccccc1. The molecule has 1 aromatic carbocycles. The summed E-state index contributed by atoms with van der Waals surface area (Å²) in [4.78, 5) is 0. The fourth-order valence-corrected chi connectivity index (χ4v) is 3.14. The summed E-state index contributed by atoms with van der Waals surface area (Å²) in [5, 5.41) is 7.66. The van der Waals surface area contributed by atoms with Crippen LogP contribution < -0.4 is 10.6 Å². The van der Waals surface area contributed by atoms with Crippen LogP contribution in [-0.2, 0) is 6.42 Å². The second kappa shape index (κ2) is 8.25. The van der Waals surface area contributed by atoms with Crippen molar-refractivity contribution in [3.8, 4) is 0 Å². The molecule has 0 aromatic heterocycles. The average molecular weight is 290 g/mol. The Hall–Kier alpha value is -1.09. The molecule has 0 unspecified atom stereocenters. The summed E-state index contributed by atoms with van der Waals surface area (Å²) < 4.78 is 0. The molecule has 1 saturated carbocycles. The molecule has 1 fully saturated rings. The van der Waals surface area contributed by atoms with Crippen LogP contribution in [0.25, 0.3) is 0 Å². The molecule has 2 nitrogen and oxygen atoms in total. The number of hydrogen-bond acceptors (Lipinski definition) is 1. The Balaban J connectivity index is 1.60. The number of nitrogens with one attached hydrogen (secondary N) is 2. The third-order valence-electron chi connectivity index (χ3n) is 4.20. The van der Waals surface area contributed by atoms with Gasteiger partial charge in [-0.15, -0.1) is 0 Å². The van der Waals surface area contributed by atoms with Crippen molar-refractivity contribution in [2.24, 2.45) is 5.92 Å². The highest BCUT2D eigenvalue weighted by Gasteiger charge is 2.21. The van der Waals surface area contributed by atoms with E-state index < -0.39 is 0 Å². The van der Waals surface area contributed by atoms with Gasteiger partial charge >= 0.3 is 0 Å². The van der Waals surface area contributed by atoms with Gasteiger partial charge in [0.1, 0.15) is 0 Å². The van der Waals surface area contributed by atoms with Crippen LogP contribution >= 0.6 is 12.2 Å². The maximum atomic E-state index is 5.40. The third-order valence-corrected chi connectivity index (χ3v) is 4.46.